The summed E-state index contributed by atoms with van der Waals surface area (Å²) in [7, 11) is 0. The third-order valence-corrected chi connectivity index (χ3v) is 5.20. The van der Waals surface area contributed by atoms with E-state index in [4.69, 9.17) is 0 Å². The molecule has 1 nitrogen and oxygen atoms in total. The highest BCUT2D eigenvalue weighted by molar-refractivity contribution is 7.07. The van der Waals surface area contributed by atoms with E-state index in [1.807, 2.05) is 0 Å². The van der Waals surface area contributed by atoms with Gasteiger partial charge in [0.2, 0.25) is 0 Å². The van der Waals surface area contributed by atoms with Crippen LogP contribution in [-0.2, 0) is 11.2 Å². The first-order chi connectivity index (χ1) is 8.49. The van der Waals surface area contributed by atoms with Crippen LogP contribution >= 0.6 is 11.3 Å². The van der Waals surface area contributed by atoms with Crippen molar-refractivity contribution < 1.29 is 4.79 Å². The third kappa shape index (κ3) is 3.23. The van der Waals surface area contributed by atoms with Gasteiger partial charge in [0.05, 0.1) is 0 Å². The second kappa shape index (κ2) is 5.56. The molecule has 0 radical (unpaired) electrons. The summed E-state index contributed by atoms with van der Waals surface area (Å²) in [6.45, 7) is 6.75. The normalized spacial score (nSPS) is 25.4. The summed E-state index contributed by atoms with van der Waals surface area (Å²) < 4.78 is 0. The summed E-state index contributed by atoms with van der Waals surface area (Å²) in [6.07, 6.45) is 5.34. The predicted molar refractivity (Wildman–Crippen MR) is 77.9 cm³/mol. The van der Waals surface area contributed by atoms with Crippen molar-refractivity contribution in [1.82, 2.24) is 0 Å². The van der Waals surface area contributed by atoms with Gasteiger partial charge in [0.1, 0.15) is 5.78 Å². The lowest BCUT2D eigenvalue weighted by Gasteiger charge is -2.37. The molecule has 1 heterocycles. The smallest absolute Gasteiger partial charge is 0.136 e. The molecule has 2 heteroatoms. The lowest BCUT2D eigenvalue weighted by Crippen LogP contribution is -2.35. The van der Waals surface area contributed by atoms with Crippen LogP contribution in [-0.4, -0.2) is 5.78 Å². The Kier molecular flexibility index (Phi) is 4.26. The fourth-order valence-electron chi connectivity index (χ4n) is 3.10. The van der Waals surface area contributed by atoms with Crippen LogP contribution < -0.4 is 0 Å². The maximum Gasteiger partial charge on any atom is 0.136 e. The van der Waals surface area contributed by atoms with Crippen LogP contribution in [0.4, 0.5) is 0 Å². The first-order valence-corrected chi connectivity index (χ1v) is 7.97. The molecule has 1 aliphatic carbocycles. The second-order valence-corrected chi connectivity index (χ2v) is 7.31. The first-order valence-electron chi connectivity index (χ1n) is 7.03. The number of carbonyl (C=O) groups excluding carboxylic acids is 1. The lowest BCUT2D eigenvalue weighted by molar-refractivity contribution is -0.130. The molecule has 1 aromatic rings. The highest BCUT2D eigenvalue weighted by Crippen LogP contribution is 2.40. The average Bonchev–Trinajstić information content (AvgIpc) is 2.78. The summed E-state index contributed by atoms with van der Waals surface area (Å²) in [4.78, 5) is 12.2. The Balaban J connectivity index is 1.95. The molecule has 1 fully saturated rings. The molecule has 0 saturated heterocycles. The molecule has 0 spiro atoms. The molecule has 0 bridgehead atoms. The van der Waals surface area contributed by atoms with Gasteiger partial charge in [-0.1, -0.05) is 20.8 Å². The molecule has 100 valence electrons. The van der Waals surface area contributed by atoms with Crippen LogP contribution in [0.2, 0.25) is 0 Å². The van der Waals surface area contributed by atoms with E-state index in [1.54, 1.807) is 11.3 Å². The summed E-state index contributed by atoms with van der Waals surface area (Å²) in [5.41, 5.74) is 1.57. The van der Waals surface area contributed by atoms with Gasteiger partial charge in [0, 0.05) is 12.3 Å². The molecule has 18 heavy (non-hydrogen) atoms. The van der Waals surface area contributed by atoms with E-state index >= 15 is 0 Å². The minimum Gasteiger partial charge on any atom is -0.299 e. The van der Waals surface area contributed by atoms with E-state index in [0.717, 1.165) is 25.7 Å². The Morgan fingerprint density at radius 1 is 1.39 bits per heavy atom. The van der Waals surface area contributed by atoms with Gasteiger partial charge in [-0.25, -0.2) is 0 Å². The van der Waals surface area contributed by atoms with Gasteiger partial charge in [-0.3, -0.25) is 4.79 Å². The first kappa shape index (κ1) is 13.8. The average molecular weight is 264 g/mol. The largest absolute Gasteiger partial charge is 0.299 e. The van der Waals surface area contributed by atoms with Gasteiger partial charge in [-0.2, -0.15) is 11.3 Å². The number of carbonyl (C=O) groups is 1. The molecule has 2 rings (SSSR count). The fourth-order valence-corrected chi connectivity index (χ4v) is 3.81. The van der Waals surface area contributed by atoms with E-state index in [9.17, 15) is 4.79 Å². The summed E-state index contributed by atoms with van der Waals surface area (Å²) in [5.74, 6) is 1.39. The van der Waals surface area contributed by atoms with Crippen LogP contribution in [0.25, 0.3) is 0 Å². The number of hydrogen-bond donors (Lipinski definition) is 0. The van der Waals surface area contributed by atoms with Gasteiger partial charge in [-0.15, -0.1) is 0 Å². The van der Waals surface area contributed by atoms with Crippen molar-refractivity contribution in [3.05, 3.63) is 22.4 Å². The van der Waals surface area contributed by atoms with Crippen LogP contribution in [0, 0.1) is 17.3 Å². The highest BCUT2D eigenvalue weighted by Gasteiger charge is 2.37. The van der Waals surface area contributed by atoms with E-state index in [-0.39, 0.29) is 11.3 Å². The van der Waals surface area contributed by atoms with Crippen LogP contribution in [0.5, 0.6) is 0 Å². The minimum absolute atomic E-state index is 0.152. The molecule has 0 aromatic carbocycles. The van der Waals surface area contributed by atoms with Gasteiger partial charge < -0.3 is 0 Å². The predicted octanol–water partition coefficient (Wildman–Crippen LogP) is 4.71. The zero-order valence-corrected chi connectivity index (χ0v) is 12.6. The maximum atomic E-state index is 12.2. The standard InChI is InChI=1S/C16H24OS/c1-12-4-5-14(15(17)10-12)16(2,3)8-6-13-7-9-18-11-13/h7,9,11-12,14H,4-6,8,10H2,1-3H3. The zero-order valence-electron chi connectivity index (χ0n) is 11.7. The highest BCUT2D eigenvalue weighted by atomic mass is 32.1. The Morgan fingerprint density at radius 3 is 2.78 bits per heavy atom. The molecule has 0 amide bonds. The van der Waals surface area contributed by atoms with E-state index in [0.29, 0.717) is 11.7 Å². The van der Waals surface area contributed by atoms with E-state index in [2.05, 4.69) is 37.6 Å². The molecule has 2 unspecified atom stereocenters. The van der Waals surface area contributed by atoms with Gasteiger partial charge in [0.15, 0.2) is 0 Å². The van der Waals surface area contributed by atoms with Crippen molar-refractivity contribution in [1.29, 1.82) is 0 Å². The van der Waals surface area contributed by atoms with E-state index in [1.165, 1.54) is 12.0 Å². The number of hydrogen-bond acceptors (Lipinski definition) is 2. The van der Waals surface area contributed by atoms with Gasteiger partial charge in [0.25, 0.3) is 0 Å². The number of ketones is 1. The van der Waals surface area contributed by atoms with Crippen LogP contribution in [0.1, 0.15) is 52.0 Å². The Labute approximate surface area is 115 Å². The fraction of sp³-hybridized carbons (Fsp3) is 0.688. The number of rotatable bonds is 4. The molecule has 1 aliphatic rings. The Hall–Kier alpha value is -0.630. The molecular formula is C16H24OS. The molecular weight excluding hydrogens is 240 g/mol. The Bertz CT molecular complexity index is 391. The SMILES string of the molecule is CC1CCC(C(C)(C)CCc2ccsc2)C(=O)C1. The zero-order chi connectivity index (χ0) is 13.2. The minimum atomic E-state index is 0.152. The van der Waals surface area contributed by atoms with Crippen LogP contribution in [0.15, 0.2) is 16.8 Å². The summed E-state index contributed by atoms with van der Waals surface area (Å²) in [6, 6.07) is 2.20. The van der Waals surface area contributed by atoms with E-state index < -0.39 is 0 Å². The molecule has 1 aromatic heterocycles. The lowest BCUT2D eigenvalue weighted by atomic mass is 9.66. The number of Topliss-reactive ketones (excluding diaryl/α,β-unsaturated/α-hetero) is 1. The summed E-state index contributed by atoms with van der Waals surface area (Å²) >= 11 is 1.76. The molecule has 2 atom stereocenters. The van der Waals surface area contributed by atoms with Crippen molar-refractivity contribution >= 4 is 17.1 Å². The molecule has 1 saturated carbocycles. The maximum absolute atomic E-state index is 12.2. The number of aryl methyl sites for hydroxylation is 1. The van der Waals surface area contributed by atoms with Crippen molar-refractivity contribution in [2.75, 3.05) is 0 Å². The molecule has 0 N–H and O–H groups in total. The summed E-state index contributed by atoms with van der Waals surface area (Å²) in [5, 5.41) is 4.36. The van der Waals surface area contributed by atoms with Crippen molar-refractivity contribution in [3.63, 3.8) is 0 Å². The van der Waals surface area contributed by atoms with Crippen LogP contribution in [0.3, 0.4) is 0 Å². The third-order valence-electron chi connectivity index (χ3n) is 4.47. The topological polar surface area (TPSA) is 17.1 Å². The van der Waals surface area contributed by atoms with Crippen molar-refractivity contribution in [2.24, 2.45) is 17.3 Å². The van der Waals surface area contributed by atoms with Crippen molar-refractivity contribution in [3.8, 4) is 0 Å². The van der Waals surface area contributed by atoms with Gasteiger partial charge >= 0.3 is 0 Å². The quantitative estimate of drug-likeness (QED) is 0.769. The monoisotopic (exact) mass is 264 g/mol. The Morgan fingerprint density at radius 2 is 2.17 bits per heavy atom. The van der Waals surface area contributed by atoms with Gasteiger partial charge in [-0.05, 0) is 59.4 Å². The molecule has 0 aliphatic heterocycles. The van der Waals surface area contributed by atoms with Crippen molar-refractivity contribution in [2.45, 2.75) is 52.9 Å². The number of thiophene rings is 1. The second-order valence-electron chi connectivity index (χ2n) is 6.53.